The Balaban J connectivity index is 4.23. The summed E-state index contributed by atoms with van der Waals surface area (Å²) in [6.45, 7) is 2.26. The zero-order valence-electron chi connectivity index (χ0n) is 40.0. The number of allylic oxidation sites excluding steroid dienone is 10. The second-order valence-corrected chi connectivity index (χ2v) is 18.3. The number of esters is 2. The first-order valence-corrected chi connectivity index (χ1v) is 26.7. The van der Waals surface area contributed by atoms with Gasteiger partial charge in [-0.05, 0) is 57.8 Å². The van der Waals surface area contributed by atoms with E-state index < -0.39 is 51.8 Å². The lowest BCUT2D eigenvalue weighted by Crippen LogP contribution is -2.29. The van der Waals surface area contributed by atoms with Gasteiger partial charge in [0.1, 0.15) is 12.7 Å². The molecule has 0 bridgehead atoms. The van der Waals surface area contributed by atoms with Gasteiger partial charge in [-0.3, -0.25) is 18.6 Å². The van der Waals surface area contributed by atoms with Gasteiger partial charge >= 0.3 is 19.8 Å². The van der Waals surface area contributed by atoms with Crippen molar-refractivity contribution in [3.8, 4) is 0 Å². The Bertz CT molecular complexity index is 1230. The molecule has 0 spiro atoms. The van der Waals surface area contributed by atoms with E-state index in [0.29, 0.717) is 12.8 Å². The highest BCUT2D eigenvalue weighted by Crippen LogP contribution is 2.43. The minimum atomic E-state index is -4.63. The molecule has 3 unspecified atom stereocenters. The third-order valence-corrected chi connectivity index (χ3v) is 11.6. The van der Waals surface area contributed by atoms with Gasteiger partial charge in [-0.2, -0.15) is 0 Å². The van der Waals surface area contributed by atoms with Crippen LogP contribution in [-0.4, -0.2) is 65.7 Å². The van der Waals surface area contributed by atoms with Crippen molar-refractivity contribution in [2.24, 2.45) is 0 Å². The van der Waals surface area contributed by atoms with Crippen LogP contribution in [0.5, 0.6) is 0 Å². The van der Waals surface area contributed by atoms with E-state index in [1.165, 1.54) is 109 Å². The van der Waals surface area contributed by atoms with E-state index in [-0.39, 0.29) is 19.4 Å². The van der Waals surface area contributed by atoms with Gasteiger partial charge in [0.2, 0.25) is 0 Å². The summed E-state index contributed by atoms with van der Waals surface area (Å²) in [6.07, 6.45) is 54.8. The minimum absolute atomic E-state index is 0.144. The fourth-order valence-corrected chi connectivity index (χ4v) is 7.63. The normalized spacial score (nSPS) is 14.2. The molecular formula is C52H93O10P. The molecule has 0 aliphatic carbocycles. The van der Waals surface area contributed by atoms with Gasteiger partial charge in [-0.25, -0.2) is 4.57 Å². The summed E-state index contributed by atoms with van der Waals surface area (Å²) in [5, 5.41) is 18.4. The molecule has 0 aromatic carbocycles. The number of carbonyl (C=O) groups is 2. The zero-order chi connectivity index (χ0) is 46.2. The van der Waals surface area contributed by atoms with Crippen molar-refractivity contribution in [3.05, 3.63) is 60.8 Å². The summed E-state index contributed by atoms with van der Waals surface area (Å²) >= 11 is 0. The number of hydrogen-bond donors (Lipinski definition) is 3. The van der Waals surface area contributed by atoms with Crippen LogP contribution in [0.15, 0.2) is 60.8 Å². The first-order chi connectivity index (χ1) is 30.7. The predicted octanol–water partition coefficient (Wildman–Crippen LogP) is 14.2. The van der Waals surface area contributed by atoms with Crippen LogP contribution in [-0.2, 0) is 32.7 Å². The molecule has 0 aromatic rings. The molecule has 0 fully saturated rings. The smallest absolute Gasteiger partial charge is 0.462 e. The molecule has 0 rings (SSSR count). The van der Waals surface area contributed by atoms with Crippen molar-refractivity contribution in [1.82, 2.24) is 0 Å². The quantitative estimate of drug-likeness (QED) is 0.0233. The van der Waals surface area contributed by atoms with E-state index in [4.69, 9.17) is 23.6 Å². The fraction of sp³-hybridized carbons (Fsp3) is 0.769. The van der Waals surface area contributed by atoms with Crippen molar-refractivity contribution in [1.29, 1.82) is 0 Å². The van der Waals surface area contributed by atoms with Gasteiger partial charge in [0, 0.05) is 12.8 Å². The second kappa shape index (κ2) is 47.6. The Labute approximate surface area is 385 Å². The number of phosphoric ester groups is 1. The minimum Gasteiger partial charge on any atom is -0.462 e. The number of aliphatic hydroxyl groups excluding tert-OH is 2. The molecule has 0 aromatic heterocycles. The molecule has 11 heteroatoms. The molecule has 366 valence electrons. The number of aliphatic hydroxyl groups is 2. The van der Waals surface area contributed by atoms with E-state index in [1.807, 2.05) is 0 Å². The lowest BCUT2D eigenvalue weighted by molar-refractivity contribution is -0.161. The SMILES string of the molecule is CC/C=C\C/C=C\C/C=C\C/C=C\C/C=C\CCCCCC(=O)OC(COC(=O)CCCCCCCCCCCCCCCCCCCCCCC)COP(=O)(O)OCC(O)CO. The number of carbonyl (C=O) groups excluding carboxylic acids is 2. The van der Waals surface area contributed by atoms with Gasteiger partial charge in [-0.15, -0.1) is 0 Å². The maximum Gasteiger partial charge on any atom is 0.472 e. The first kappa shape index (κ1) is 60.7. The summed E-state index contributed by atoms with van der Waals surface area (Å²) in [7, 11) is -4.63. The van der Waals surface area contributed by atoms with E-state index in [1.54, 1.807) is 0 Å². The average Bonchev–Trinajstić information content (AvgIpc) is 3.27. The summed E-state index contributed by atoms with van der Waals surface area (Å²) < 4.78 is 32.8. The number of hydrogen-bond acceptors (Lipinski definition) is 9. The predicted molar refractivity (Wildman–Crippen MR) is 260 cm³/mol. The lowest BCUT2D eigenvalue weighted by atomic mass is 10.0. The number of rotatable bonds is 47. The van der Waals surface area contributed by atoms with Crippen LogP contribution in [0.1, 0.15) is 219 Å². The monoisotopic (exact) mass is 909 g/mol. The van der Waals surface area contributed by atoms with Crippen LogP contribution in [0.2, 0.25) is 0 Å². The highest BCUT2D eigenvalue weighted by molar-refractivity contribution is 7.47. The summed E-state index contributed by atoms with van der Waals surface area (Å²) in [6, 6.07) is 0. The largest absolute Gasteiger partial charge is 0.472 e. The molecule has 10 nitrogen and oxygen atoms in total. The van der Waals surface area contributed by atoms with Gasteiger partial charge in [0.05, 0.1) is 19.8 Å². The maximum absolute atomic E-state index is 12.7. The molecule has 3 atom stereocenters. The van der Waals surface area contributed by atoms with E-state index in [9.17, 15) is 24.2 Å². The van der Waals surface area contributed by atoms with Crippen LogP contribution >= 0.6 is 7.82 Å². The second-order valence-electron chi connectivity index (χ2n) is 16.8. The summed E-state index contributed by atoms with van der Waals surface area (Å²) in [5.41, 5.74) is 0. The molecule has 0 radical (unpaired) electrons. The number of unbranched alkanes of at least 4 members (excludes halogenated alkanes) is 23. The molecule has 0 aliphatic rings. The Hall–Kier alpha value is -2.33. The Morgan fingerprint density at radius 2 is 0.873 bits per heavy atom. The van der Waals surface area contributed by atoms with Crippen molar-refractivity contribution in [2.75, 3.05) is 26.4 Å². The number of phosphoric acid groups is 1. The van der Waals surface area contributed by atoms with Crippen molar-refractivity contribution in [2.45, 2.75) is 232 Å². The molecule has 3 N–H and O–H groups in total. The molecular weight excluding hydrogens is 816 g/mol. The third-order valence-electron chi connectivity index (χ3n) is 10.7. The van der Waals surface area contributed by atoms with Gasteiger partial charge < -0.3 is 24.6 Å². The molecule has 63 heavy (non-hydrogen) atoms. The Kier molecular flexibility index (Phi) is 45.9. The van der Waals surface area contributed by atoms with E-state index in [2.05, 4.69) is 74.6 Å². The molecule has 0 saturated heterocycles. The highest BCUT2D eigenvalue weighted by atomic mass is 31.2. The molecule has 0 heterocycles. The highest BCUT2D eigenvalue weighted by Gasteiger charge is 2.27. The first-order valence-electron chi connectivity index (χ1n) is 25.2. The van der Waals surface area contributed by atoms with Crippen LogP contribution in [0.25, 0.3) is 0 Å². The zero-order valence-corrected chi connectivity index (χ0v) is 40.9. The van der Waals surface area contributed by atoms with Crippen molar-refractivity contribution < 1.29 is 47.8 Å². The molecule has 0 amide bonds. The van der Waals surface area contributed by atoms with Gasteiger partial charge in [0.25, 0.3) is 0 Å². The van der Waals surface area contributed by atoms with Crippen molar-refractivity contribution >= 4 is 19.8 Å². The molecule has 0 aliphatic heterocycles. The Morgan fingerprint density at radius 3 is 1.32 bits per heavy atom. The molecule has 0 saturated carbocycles. The van der Waals surface area contributed by atoms with Gasteiger partial charge in [-0.1, -0.05) is 209 Å². The summed E-state index contributed by atoms with van der Waals surface area (Å²) in [4.78, 5) is 35.2. The van der Waals surface area contributed by atoms with Crippen LogP contribution in [0.3, 0.4) is 0 Å². The number of ether oxygens (including phenoxy) is 2. The van der Waals surface area contributed by atoms with Gasteiger partial charge in [0.15, 0.2) is 6.10 Å². The average molecular weight is 909 g/mol. The fourth-order valence-electron chi connectivity index (χ4n) is 6.84. The lowest BCUT2D eigenvalue weighted by Gasteiger charge is -2.20. The summed E-state index contributed by atoms with van der Waals surface area (Å²) in [5.74, 6) is -0.957. The van der Waals surface area contributed by atoms with E-state index >= 15 is 0 Å². The van der Waals surface area contributed by atoms with Crippen LogP contribution < -0.4 is 0 Å². The van der Waals surface area contributed by atoms with Crippen LogP contribution in [0.4, 0.5) is 0 Å². The van der Waals surface area contributed by atoms with Crippen LogP contribution in [0, 0.1) is 0 Å². The third kappa shape index (κ3) is 47.5. The van der Waals surface area contributed by atoms with Crippen molar-refractivity contribution in [3.63, 3.8) is 0 Å². The topological polar surface area (TPSA) is 149 Å². The Morgan fingerprint density at radius 1 is 0.492 bits per heavy atom. The maximum atomic E-state index is 12.7. The standard InChI is InChI=1S/C52H93O10P/c1-3-5-7-9-11-13-15-17-19-21-23-24-26-27-29-31-33-35-37-39-41-43-51(55)59-47-50(48-61-63(57,58)60-46-49(54)45-53)62-52(56)44-42-40-38-36-34-32-30-28-25-22-20-18-16-14-12-10-8-6-4-2/h6,8,12,14,18,20,25,28,32,34,49-50,53-54H,3-5,7,9-11,13,15-17,19,21-24,26-27,29-31,33,35-48H2,1-2H3,(H,57,58)/b8-6-,14-12-,20-18-,28-25-,34-32-. The van der Waals surface area contributed by atoms with E-state index in [0.717, 1.165) is 70.6 Å².